The van der Waals surface area contributed by atoms with Gasteiger partial charge >= 0.3 is 5.97 Å². The van der Waals surface area contributed by atoms with Crippen LogP contribution >= 0.6 is 0 Å². The van der Waals surface area contributed by atoms with Crippen LogP contribution in [0.15, 0.2) is 54.6 Å². The number of piperidine rings is 1. The van der Waals surface area contributed by atoms with E-state index in [4.69, 9.17) is 4.74 Å². The molecule has 0 radical (unpaired) electrons. The van der Waals surface area contributed by atoms with Crippen LogP contribution in [0, 0.1) is 0 Å². The summed E-state index contributed by atoms with van der Waals surface area (Å²) >= 11 is 0. The van der Waals surface area contributed by atoms with Crippen LogP contribution in [-0.4, -0.2) is 48.9 Å². The predicted molar refractivity (Wildman–Crippen MR) is 113 cm³/mol. The molecule has 2 aliphatic rings. The van der Waals surface area contributed by atoms with Crippen molar-refractivity contribution in [3.63, 3.8) is 0 Å². The Morgan fingerprint density at radius 2 is 1.60 bits per heavy atom. The van der Waals surface area contributed by atoms with Gasteiger partial charge in [0.05, 0.1) is 5.41 Å². The van der Waals surface area contributed by atoms with Crippen LogP contribution in [0.25, 0.3) is 0 Å². The number of fused-ring (bicyclic) bond motifs is 1. The minimum atomic E-state index is -0.837. The third-order valence-electron chi connectivity index (χ3n) is 6.29. The van der Waals surface area contributed by atoms with Crippen molar-refractivity contribution in [3.8, 4) is 0 Å². The largest absolute Gasteiger partial charge is 0.455 e. The van der Waals surface area contributed by atoms with Gasteiger partial charge in [-0.3, -0.25) is 14.4 Å². The lowest BCUT2D eigenvalue weighted by atomic mass is 9.72. The third kappa shape index (κ3) is 3.70. The summed E-state index contributed by atoms with van der Waals surface area (Å²) in [6.45, 7) is 2.85. The van der Waals surface area contributed by atoms with E-state index in [1.807, 2.05) is 54.6 Å². The van der Waals surface area contributed by atoms with E-state index in [0.717, 1.165) is 23.2 Å². The summed E-state index contributed by atoms with van der Waals surface area (Å²) in [6.07, 6.45) is 1.77. The Bertz CT molecular complexity index is 949. The van der Waals surface area contributed by atoms with Gasteiger partial charge in [0.1, 0.15) is 0 Å². The van der Waals surface area contributed by atoms with E-state index in [-0.39, 0.29) is 18.4 Å². The minimum Gasteiger partial charge on any atom is -0.455 e. The van der Waals surface area contributed by atoms with Crippen molar-refractivity contribution in [2.75, 3.05) is 31.1 Å². The number of anilines is 1. The van der Waals surface area contributed by atoms with Crippen LogP contribution in [0.4, 0.5) is 5.69 Å². The first-order valence-electron chi connectivity index (χ1n) is 10.4. The number of benzene rings is 2. The number of carbonyl (C=O) groups excluding carboxylic acids is 3. The summed E-state index contributed by atoms with van der Waals surface area (Å²) in [5.41, 5.74) is 2.06. The van der Waals surface area contributed by atoms with E-state index < -0.39 is 11.4 Å². The summed E-state index contributed by atoms with van der Waals surface area (Å²) in [6, 6.07) is 17.3. The molecule has 0 aromatic heterocycles. The molecular formula is C24H26N2O4. The molecular weight excluding hydrogens is 380 g/mol. The molecule has 6 nitrogen and oxygen atoms in total. The second kappa shape index (κ2) is 8.30. The molecule has 2 heterocycles. The van der Waals surface area contributed by atoms with Gasteiger partial charge in [-0.1, -0.05) is 48.5 Å². The van der Waals surface area contributed by atoms with E-state index in [2.05, 4.69) is 0 Å². The Morgan fingerprint density at radius 1 is 0.933 bits per heavy atom. The molecule has 0 bridgehead atoms. The Morgan fingerprint density at radius 3 is 2.30 bits per heavy atom. The van der Waals surface area contributed by atoms with E-state index in [9.17, 15) is 14.4 Å². The third-order valence-corrected chi connectivity index (χ3v) is 6.29. The molecule has 2 amide bonds. The zero-order valence-corrected chi connectivity index (χ0v) is 17.2. The number of likely N-dealkylation sites (tertiary alicyclic amines) is 1. The number of hydrogen-bond acceptors (Lipinski definition) is 4. The van der Waals surface area contributed by atoms with Crippen molar-refractivity contribution in [2.24, 2.45) is 0 Å². The molecule has 156 valence electrons. The fraction of sp³-hybridized carbons (Fsp3) is 0.375. The van der Waals surface area contributed by atoms with Gasteiger partial charge in [-0.2, -0.15) is 0 Å². The highest BCUT2D eigenvalue weighted by Gasteiger charge is 2.45. The number of amides is 2. The standard InChI is InChI=1S/C24H26N2O4/c1-18(27)25-15-12-24(13-16-25,20-8-3-2-4-9-20)23(29)30-17-22(28)26-14-11-19-7-5-6-10-21(19)26/h2-10H,11-17H2,1H3. The van der Waals surface area contributed by atoms with Crippen molar-refractivity contribution >= 4 is 23.5 Å². The van der Waals surface area contributed by atoms with E-state index in [0.29, 0.717) is 32.5 Å². The van der Waals surface area contributed by atoms with Crippen molar-refractivity contribution < 1.29 is 19.1 Å². The van der Waals surface area contributed by atoms with Crippen LogP contribution in [0.1, 0.15) is 30.9 Å². The SMILES string of the molecule is CC(=O)N1CCC(C(=O)OCC(=O)N2CCc3ccccc32)(c2ccccc2)CC1. The Balaban J connectivity index is 1.48. The molecule has 2 aromatic carbocycles. The van der Waals surface area contributed by atoms with Gasteiger partial charge in [0.2, 0.25) is 5.91 Å². The molecule has 0 unspecified atom stereocenters. The predicted octanol–water partition coefficient (Wildman–Crippen LogP) is 2.70. The van der Waals surface area contributed by atoms with Gasteiger partial charge in [0, 0.05) is 32.2 Å². The van der Waals surface area contributed by atoms with Crippen LogP contribution in [0.3, 0.4) is 0 Å². The molecule has 30 heavy (non-hydrogen) atoms. The van der Waals surface area contributed by atoms with Crippen molar-refractivity contribution in [1.29, 1.82) is 0 Å². The van der Waals surface area contributed by atoms with E-state index in [1.165, 1.54) is 0 Å². The molecule has 0 saturated carbocycles. The molecule has 0 atom stereocenters. The normalized spacial score (nSPS) is 17.4. The van der Waals surface area contributed by atoms with Crippen LogP contribution < -0.4 is 4.90 Å². The number of esters is 1. The Kier molecular flexibility index (Phi) is 5.57. The first kappa shape index (κ1) is 20.1. The molecule has 1 fully saturated rings. The zero-order chi connectivity index (χ0) is 21.1. The smallest absolute Gasteiger partial charge is 0.317 e. The highest BCUT2D eigenvalue weighted by atomic mass is 16.5. The molecule has 4 rings (SSSR count). The lowest BCUT2D eigenvalue weighted by Crippen LogP contribution is -2.49. The first-order chi connectivity index (χ1) is 14.5. The lowest BCUT2D eigenvalue weighted by Gasteiger charge is -2.40. The van der Waals surface area contributed by atoms with Crippen molar-refractivity contribution in [3.05, 3.63) is 65.7 Å². The maximum Gasteiger partial charge on any atom is 0.317 e. The number of para-hydroxylation sites is 1. The molecule has 0 N–H and O–H groups in total. The van der Waals surface area contributed by atoms with E-state index in [1.54, 1.807) is 16.7 Å². The summed E-state index contributed by atoms with van der Waals surface area (Å²) < 4.78 is 5.59. The molecule has 2 aromatic rings. The molecule has 1 saturated heterocycles. The summed E-state index contributed by atoms with van der Waals surface area (Å²) in [7, 11) is 0. The Labute approximate surface area is 176 Å². The fourth-order valence-electron chi connectivity index (χ4n) is 4.51. The summed E-state index contributed by atoms with van der Waals surface area (Å²) in [5, 5.41) is 0. The monoisotopic (exact) mass is 406 g/mol. The van der Waals surface area contributed by atoms with Gasteiger partial charge in [0.25, 0.3) is 5.91 Å². The second-order valence-corrected chi connectivity index (χ2v) is 7.95. The number of hydrogen-bond donors (Lipinski definition) is 0. The quantitative estimate of drug-likeness (QED) is 0.733. The van der Waals surface area contributed by atoms with Gasteiger partial charge in [-0.25, -0.2) is 0 Å². The number of carbonyl (C=O) groups is 3. The average molecular weight is 406 g/mol. The van der Waals surface area contributed by atoms with Crippen LogP contribution in [-0.2, 0) is 31.0 Å². The molecule has 6 heteroatoms. The van der Waals surface area contributed by atoms with Gasteiger partial charge in [-0.15, -0.1) is 0 Å². The first-order valence-corrected chi connectivity index (χ1v) is 10.4. The minimum absolute atomic E-state index is 0.00732. The topological polar surface area (TPSA) is 66.9 Å². The maximum absolute atomic E-state index is 13.3. The fourth-order valence-corrected chi connectivity index (χ4v) is 4.51. The highest BCUT2D eigenvalue weighted by Crippen LogP contribution is 2.37. The lowest BCUT2D eigenvalue weighted by molar-refractivity contribution is -0.156. The second-order valence-electron chi connectivity index (χ2n) is 7.95. The molecule has 2 aliphatic heterocycles. The number of rotatable bonds is 4. The maximum atomic E-state index is 13.3. The molecule has 0 aliphatic carbocycles. The zero-order valence-electron chi connectivity index (χ0n) is 17.2. The number of ether oxygens (including phenoxy) is 1. The van der Waals surface area contributed by atoms with Crippen molar-refractivity contribution in [1.82, 2.24) is 4.90 Å². The van der Waals surface area contributed by atoms with Gasteiger partial charge in [-0.05, 0) is 36.5 Å². The van der Waals surface area contributed by atoms with Gasteiger partial charge < -0.3 is 14.5 Å². The highest BCUT2D eigenvalue weighted by molar-refractivity contribution is 5.97. The average Bonchev–Trinajstić information content (AvgIpc) is 3.22. The van der Waals surface area contributed by atoms with Crippen LogP contribution in [0.5, 0.6) is 0 Å². The van der Waals surface area contributed by atoms with Crippen LogP contribution in [0.2, 0.25) is 0 Å². The van der Waals surface area contributed by atoms with Gasteiger partial charge in [0.15, 0.2) is 6.61 Å². The Hall–Kier alpha value is -3.15. The summed E-state index contributed by atoms with van der Waals surface area (Å²) in [5.74, 6) is -0.594. The number of nitrogens with zero attached hydrogens (tertiary/aromatic N) is 2. The van der Waals surface area contributed by atoms with Crippen molar-refractivity contribution in [2.45, 2.75) is 31.6 Å². The molecule has 0 spiro atoms. The van der Waals surface area contributed by atoms with E-state index >= 15 is 0 Å². The summed E-state index contributed by atoms with van der Waals surface area (Å²) in [4.78, 5) is 41.2.